The van der Waals surface area contributed by atoms with Crippen molar-refractivity contribution in [3.8, 4) is 0 Å². The lowest BCUT2D eigenvalue weighted by molar-refractivity contribution is 0.0302. The Hall–Kier alpha value is -0.680. The van der Waals surface area contributed by atoms with E-state index in [0.29, 0.717) is 18.1 Å². The van der Waals surface area contributed by atoms with Crippen LogP contribution in [0.5, 0.6) is 0 Å². The van der Waals surface area contributed by atoms with Gasteiger partial charge >= 0.3 is 0 Å². The van der Waals surface area contributed by atoms with Gasteiger partial charge in [-0.25, -0.2) is 9.97 Å². The van der Waals surface area contributed by atoms with E-state index >= 15 is 0 Å². The van der Waals surface area contributed by atoms with E-state index in [-0.39, 0.29) is 0 Å². The van der Waals surface area contributed by atoms with Crippen LogP contribution >= 0.6 is 15.9 Å². The Morgan fingerprint density at radius 3 is 2.56 bits per heavy atom. The number of aromatic nitrogens is 2. The largest absolute Gasteiger partial charge is 0.371 e. The summed E-state index contributed by atoms with van der Waals surface area (Å²) in [6, 6.07) is 2.01. The molecule has 2 aliphatic heterocycles. The highest BCUT2D eigenvalue weighted by Crippen LogP contribution is 2.30. The molecule has 1 aromatic rings. The Morgan fingerprint density at radius 1 is 1.28 bits per heavy atom. The second-order valence-electron chi connectivity index (χ2n) is 5.42. The lowest BCUT2D eigenvalue weighted by Crippen LogP contribution is -2.43. The van der Waals surface area contributed by atoms with E-state index < -0.39 is 0 Å². The fourth-order valence-electron chi connectivity index (χ4n) is 2.64. The fraction of sp³-hybridized carbons (Fsp3) is 0.692. The van der Waals surface area contributed by atoms with Crippen LogP contribution in [0.1, 0.15) is 38.4 Å². The average molecular weight is 312 g/mol. The lowest BCUT2D eigenvalue weighted by Gasteiger charge is -2.33. The van der Waals surface area contributed by atoms with Gasteiger partial charge in [0.15, 0.2) is 0 Å². The SMILES string of the molecule is CC(C)c1nc(Br)cc(N2CC3CCC(C2)O3)n1. The van der Waals surface area contributed by atoms with E-state index in [4.69, 9.17) is 4.74 Å². The van der Waals surface area contributed by atoms with Gasteiger partial charge in [0.2, 0.25) is 0 Å². The van der Waals surface area contributed by atoms with Crippen LogP contribution in [0.4, 0.5) is 5.82 Å². The van der Waals surface area contributed by atoms with E-state index in [9.17, 15) is 0 Å². The summed E-state index contributed by atoms with van der Waals surface area (Å²) >= 11 is 3.48. The molecule has 2 bridgehead atoms. The van der Waals surface area contributed by atoms with E-state index in [1.807, 2.05) is 6.07 Å². The first-order chi connectivity index (χ1) is 8.61. The zero-order valence-corrected chi connectivity index (χ0v) is 12.4. The fourth-order valence-corrected chi connectivity index (χ4v) is 3.03. The minimum atomic E-state index is 0.346. The number of fused-ring (bicyclic) bond motifs is 2. The van der Waals surface area contributed by atoms with Crippen LogP contribution < -0.4 is 4.90 Å². The first-order valence-electron chi connectivity index (χ1n) is 6.56. The number of ether oxygens (including phenoxy) is 1. The van der Waals surface area contributed by atoms with E-state index in [1.165, 1.54) is 12.8 Å². The zero-order valence-electron chi connectivity index (χ0n) is 10.8. The van der Waals surface area contributed by atoms with Gasteiger partial charge < -0.3 is 9.64 Å². The summed E-state index contributed by atoms with van der Waals surface area (Å²) in [6.45, 7) is 6.15. The molecular formula is C13H18BrN3O. The minimum absolute atomic E-state index is 0.346. The number of halogens is 1. The van der Waals surface area contributed by atoms with Crippen molar-refractivity contribution >= 4 is 21.7 Å². The maximum Gasteiger partial charge on any atom is 0.134 e. The monoisotopic (exact) mass is 311 g/mol. The van der Waals surface area contributed by atoms with Crippen molar-refractivity contribution in [3.05, 3.63) is 16.5 Å². The molecule has 18 heavy (non-hydrogen) atoms. The lowest BCUT2D eigenvalue weighted by atomic mass is 10.2. The molecule has 0 saturated carbocycles. The highest BCUT2D eigenvalue weighted by atomic mass is 79.9. The first kappa shape index (κ1) is 12.4. The number of hydrogen-bond donors (Lipinski definition) is 0. The van der Waals surface area contributed by atoms with E-state index in [2.05, 4.69) is 44.6 Å². The maximum absolute atomic E-state index is 5.86. The first-order valence-corrected chi connectivity index (χ1v) is 7.36. The summed E-state index contributed by atoms with van der Waals surface area (Å²) in [5, 5.41) is 0. The van der Waals surface area contributed by atoms with Crippen molar-refractivity contribution in [2.45, 2.75) is 44.8 Å². The van der Waals surface area contributed by atoms with Crippen molar-refractivity contribution < 1.29 is 4.74 Å². The third-order valence-electron chi connectivity index (χ3n) is 3.58. The Bertz CT molecular complexity index is 440. The van der Waals surface area contributed by atoms with Crippen molar-refractivity contribution in [2.24, 2.45) is 0 Å². The van der Waals surface area contributed by atoms with Crippen LogP contribution in [0.2, 0.25) is 0 Å². The van der Waals surface area contributed by atoms with Gasteiger partial charge in [-0.2, -0.15) is 0 Å². The summed E-state index contributed by atoms with van der Waals surface area (Å²) < 4.78 is 6.73. The Balaban J connectivity index is 1.87. The predicted molar refractivity (Wildman–Crippen MR) is 73.9 cm³/mol. The van der Waals surface area contributed by atoms with Gasteiger partial charge in [-0.1, -0.05) is 13.8 Å². The van der Waals surface area contributed by atoms with Gasteiger partial charge in [0, 0.05) is 25.1 Å². The van der Waals surface area contributed by atoms with Gasteiger partial charge in [0.1, 0.15) is 16.2 Å². The molecule has 0 spiro atoms. The van der Waals surface area contributed by atoms with Crippen LogP contribution in [-0.4, -0.2) is 35.3 Å². The van der Waals surface area contributed by atoms with Crippen LogP contribution in [0, 0.1) is 0 Å². The molecule has 2 atom stereocenters. The molecule has 3 rings (SSSR count). The standard InChI is InChI=1S/C13H18BrN3O/c1-8(2)13-15-11(14)5-12(16-13)17-6-9-3-4-10(7-17)18-9/h5,8-10H,3-4,6-7H2,1-2H3. The molecule has 3 heterocycles. The van der Waals surface area contributed by atoms with Crippen LogP contribution in [0.15, 0.2) is 10.7 Å². The summed E-state index contributed by atoms with van der Waals surface area (Å²) in [7, 11) is 0. The molecule has 5 heteroatoms. The second-order valence-corrected chi connectivity index (χ2v) is 6.24. The molecule has 98 valence electrons. The third-order valence-corrected chi connectivity index (χ3v) is 3.99. The predicted octanol–water partition coefficient (Wildman–Crippen LogP) is 2.73. The summed E-state index contributed by atoms with van der Waals surface area (Å²) in [6.07, 6.45) is 3.15. The van der Waals surface area contributed by atoms with Gasteiger partial charge in [-0.15, -0.1) is 0 Å². The van der Waals surface area contributed by atoms with Gasteiger partial charge in [0.25, 0.3) is 0 Å². The van der Waals surface area contributed by atoms with Crippen LogP contribution in [-0.2, 0) is 4.74 Å². The number of hydrogen-bond acceptors (Lipinski definition) is 4. The van der Waals surface area contributed by atoms with E-state index in [1.54, 1.807) is 0 Å². The molecule has 2 aliphatic rings. The highest BCUT2D eigenvalue weighted by Gasteiger charge is 2.34. The van der Waals surface area contributed by atoms with Gasteiger partial charge in [-0.05, 0) is 28.8 Å². The molecule has 4 nitrogen and oxygen atoms in total. The Kier molecular flexibility index (Phi) is 3.28. The molecule has 0 amide bonds. The molecular weight excluding hydrogens is 294 g/mol. The number of rotatable bonds is 2. The minimum Gasteiger partial charge on any atom is -0.371 e. The molecule has 1 aromatic heterocycles. The van der Waals surface area contributed by atoms with Crippen molar-refractivity contribution in [3.63, 3.8) is 0 Å². The Morgan fingerprint density at radius 2 is 1.94 bits per heavy atom. The highest BCUT2D eigenvalue weighted by molar-refractivity contribution is 9.10. The number of morpholine rings is 1. The van der Waals surface area contributed by atoms with Crippen LogP contribution in [0.25, 0.3) is 0 Å². The van der Waals surface area contributed by atoms with Crippen molar-refractivity contribution in [1.29, 1.82) is 0 Å². The van der Waals surface area contributed by atoms with Gasteiger partial charge in [0.05, 0.1) is 12.2 Å². The Labute approximate surface area is 116 Å². The quantitative estimate of drug-likeness (QED) is 0.787. The normalized spacial score (nSPS) is 27.0. The van der Waals surface area contributed by atoms with Crippen molar-refractivity contribution in [1.82, 2.24) is 9.97 Å². The molecule has 0 radical (unpaired) electrons. The average Bonchev–Trinajstić information content (AvgIpc) is 2.67. The summed E-state index contributed by atoms with van der Waals surface area (Å²) in [5.41, 5.74) is 0. The molecule has 2 saturated heterocycles. The number of nitrogens with zero attached hydrogens (tertiary/aromatic N) is 3. The number of anilines is 1. The maximum atomic E-state index is 5.86. The second kappa shape index (κ2) is 4.78. The molecule has 2 fully saturated rings. The molecule has 0 N–H and O–H groups in total. The smallest absolute Gasteiger partial charge is 0.134 e. The zero-order chi connectivity index (χ0) is 12.7. The van der Waals surface area contributed by atoms with E-state index in [0.717, 1.165) is 29.3 Å². The molecule has 2 unspecified atom stereocenters. The topological polar surface area (TPSA) is 38.2 Å². The summed E-state index contributed by atoms with van der Waals surface area (Å²) in [5.74, 6) is 2.28. The molecule has 0 aliphatic carbocycles. The van der Waals surface area contributed by atoms with Gasteiger partial charge in [-0.3, -0.25) is 0 Å². The summed E-state index contributed by atoms with van der Waals surface area (Å²) in [4.78, 5) is 11.4. The van der Waals surface area contributed by atoms with Crippen molar-refractivity contribution in [2.75, 3.05) is 18.0 Å². The van der Waals surface area contributed by atoms with Crippen LogP contribution in [0.3, 0.4) is 0 Å². The third kappa shape index (κ3) is 2.38. The molecule has 0 aromatic carbocycles.